The number of amides is 1. The number of rotatable bonds is 4. The molecule has 1 amide bonds. The van der Waals surface area contributed by atoms with Crippen molar-refractivity contribution in [2.24, 2.45) is 5.10 Å². The Morgan fingerprint density at radius 2 is 1.90 bits per heavy atom. The molecule has 2 aromatic carbocycles. The Labute approximate surface area is 179 Å². The summed E-state index contributed by atoms with van der Waals surface area (Å²) in [6.07, 6.45) is -2.89. The van der Waals surface area contributed by atoms with Crippen LogP contribution in [0.25, 0.3) is 5.69 Å². The molecule has 6 nitrogen and oxygen atoms in total. The van der Waals surface area contributed by atoms with Gasteiger partial charge in [-0.1, -0.05) is 34.1 Å². The molecule has 0 fully saturated rings. The Morgan fingerprint density at radius 3 is 2.55 bits per heavy atom. The molecule has 150 valence electrons. The SMILES string of the molecule is O=C(NN=Cc1cc(Br)cc(Br)c1O)c1cnn(-c2ccccc2)c1C(F)(F)F. The van der Waals surface area contributed by atoms with Gasteiger partial charge in [0.1, 0.15) is 5.75 Å². The van der Waals surface area contributed by atoms with E-state index in [4.69, 9.17) is 0 Å². The minimum atomic E-state index is -4.82. The van der Waals surface area contributed by atoms with Gasteiger partial charge in [0.2, 0.25) is 0 Å². The molecule has 3 aromatic rings. The van der Waals surface area contributed by atoms with Gasteiger partial charge in [-0.25, -0.2) is 10.1 Å². The van der Waals surface area contributed by atoms with Crippen LogP contribution in [0.5, 0.6) is 5.75 Å². The fraction of sp³-hybridized carbons (Fsp3) is 0.0556. The number of carbonyl (C=O) groups is 1. The van der Waals surface area contributed by atoms with E-state index in [1.807, 2.05) is 5.43 Å². The third kappa shape index (κ3) is 4.67. The maximum absolute atomic E-state index is 13.6. The molecule has 0 unspecified atom stereocenters. The Morgan fingerprint density at radius 1 is 1.21 bits per heavy atom. The molecule has 2 N–H and O–H groups in total. The highest BCUT2D eigenvalue weighted by molar-refractivity contribution is 9.11. The quantitative estimate of drug-likeness (QED) is 0.372. The number of alkyl halides is 3. The Bertz CT molecular complexity index is 1080. The second kappa shape index (κ2) is 8.37. The Balaban J connectivity index is 1.90. The largest absolute Gasteiger partial charge is 0.506 e. The number of benzene rings is 2. The van der Waals surface area contributed by atoms with E-state index in [1.165, 1.54) is 18.2 Å². The van der Waals surface area contributed by atoms with Gasteiger partial charge in [-0.15, -0.1) is 0 Å². The van der Waals surface area contributed by atoms with Crippen LogP contribution in [-0.2, 0) is 6.18 Å². The van der Waals surface area contributed by atoms with Crippen molar-refractivity contribution in [2.45, 2.75) is 6.18 Å². The molecule has 0 atom stereocenters. The van der Waals surface area contributed by atoms with E-state index < -0.39 is 23.3 Å². The number of carbonyl (C=O) groups excluding carboxylic acids is 1. The molecule has 0 saturated carbocycles. The standard InChI is InChI=1S/C18H11Br2F3N4O2/c19-11-6-10(15(28)14(20)7-11)8-24-26-17(29)13-9-25-27(16(13)18(21,22)23)12-4-2-1-3-5-12/h1-9,28H,(H,26,29). The number of hydrogen-bond donors (Lipinski definition) is 2. The summed E-state index contributed by atoms with van der Waals surface area (Å²) in [5.41, 5.74) is 0.523. The monoisotopic (exact) mass is 530 g/mol. The van der Waals surface area contributed by atoms with E-state index in [2.05, 4.69) is 42.1 Å². The zero-order valence-corrected chi connectivity index (χ0v) is 17.5. The zero-order chi connectivity index (χ0) is 21.2. The van der Waals surface area contributed by atoms with Crippen molar-refractivity contribution in [2.75, 3.05) is 0 Å². The highest BCUT2D eigenvalue weighted by atomic mass is 79.9. The second-order valence-corrected chi connectivity index (χ2v) is 7.45. The molecule has 3 rings (SSSR count). The predicted molar refractivity (Wildman–Crippen MR) is 107 cm³/mol. The van der Waals surface area contributed by atoms with Gasteiger partial charge < -0.3 is 5.11 Å². The fourth-order valence-corrected chi connectivity index (χ4v) is 3.72. The van der Waals surface area contributed by atoms with E-state index in [0.717, 1.165) is 12.4 Å². The van der Waals surface area contributed by atoms with E-state index >= 15 is 0 Å². The molecule has 11 heteroatoms. The van der Waals surface area contributed by atoms with Crippen LogP contribution in [0.1, 0.15) is 21.6 Å². The van der Waals surface area contributed by atoms with E-state index in [9.17, 15) is 23.1 Å². The molecular weight excluding hydrogens is 521 g/mol. The molecule has 1 aromatic heterocycles. The minimum absolute atomic E-state index is 0.140. The van der Waals surface area contributed by atoms with Crippen molar-refractivity contribution in [3.63, 3.8) is 0 Å². The number of hydrogen-bond acceptors (Lipinski definition) is 4. The number of hydrazone groups is 1. The summed E-state index contributed by atoms with van der Waals surface area (Å²) >= 11 is 6.38. The van der Waals surface area contributed by atoms with Crippen molar-refractivity contribution in [3.8, 4) is 11.4 Å². The van der Waals surface area contributed by atoms with Crippen LogP contribution in [-0.4, -0.2) is 27.0 Å². The van der Waals surface area contributed by atoms with Gasteiger partial charge in [-0.3, -0.25) is 4.79 Å². The molecule has 1 heterocycles. The summed E-state index contributed by atoms with van der Waals surface area (Å²) in [5, 5.41) is 17.3. The number of aromatic hydroxyl groups is 1. The van der Waals surface area contributed by atoms with E-state index in [0.29, 0.717) is 13.6 Å². The van der Waals surface area contributed by atoms with Crippen LogP contribution in [0.3, 0.4) is 0 Å². The van der Waals surface area contributed by atoms with Crippen molar-refractivity contribution >= 4 is 44.0 Å². The smallest absolute Gasteiger partial charge is 0.434 e. The van der Waals surface area contributed by atoms with Crippen LogP contribution < -0.4 is 5.43 Å². The van der Waals surface area contributed by atoms with Crippen LogP contribution in [0.2, 0.25) is 0 Å². The molecule has 0 aliphatic heterocycles. The maximum Gasteiger partial charge on any atom is 0.434 e. The highest BCUT2D eigenvalue weighted by Gasteiger charge is 2.40. The van der Waals surface area contributed by atoms with Gasteiger partial charge in [-0.05, 0) is 40.2 Å². The number of phenolic OH excluding ortho intramolecular Hbond substituents is 1. The predicted octanol–water partition coefficient (Wildman–Crippen LogP) is 4.89. The maximum atomic E-state index is 13.6. The van der Waals surface area contributed by atoms with Gasteiger partial charge in [0.25, 0.3) is 5.91 Å². The summed E-state index contributed by atoms with van der Waals surface area (Å²) in [6, 6.07) is 10.8. The third-order valence-electron chi connectivity index (χ3n) is 3.71. The molecule has 0 bridgehead atoms. The Kier molecular flexibility index (Phi) is 6.08. The zero-order valence-electron chi connectivity index (χ0n) is 14.3. The molecule has 0 spiro atoms. The van der Waals surface area contributed by atoms with Crippen LogP contribution in [0.15, 0.2) is 62.7 Å². The summed E-state index contributed by atoms with van der Waals surface area (Å²) in [6.45, 7) is 0. The first-order valence-electron chi connectivity index (χ1n) is 7.90. The lowest BCUT2D eigenvalue weighted by atomic mass is 10.2. The van der Waals surface area contributed by atoms with Crippen LogP contribution >= 0.6 is 31.9 Å². The number of phenols is 1. The van der Waals surface area contributed by atoms with Gasteiger partial charge >= 0.3 is 6.18 Å². The summed E-state index contributed by atoms with van der Waals surface area (Å²) < 4.78 is 42.4. The highest BCUT2D eigenvalue weighted by Crippen LogP contribution is 2.34. The molecular formula is C18H11Br2F3N4O2. The lowest BCUT2D eigenvalue weighted by molar-refractivity contribution is -0.143. The average molecular weight is 532 g/mol. The third-order valence-corrected chi connectivity index (χ3v) is 4.77. The molecule has 0 aliphatic rings. The van der Waals surface area contributed by atoms with Gasteiger partial charge in [0.15, 0.2) is 5.69 Å². The van der Waals surface area contributed by atoms with Crippen molar-refractivity contribution in [1.82, 2.24) is 15.2 Å². The second-order valence-electron chi connectivity index (χ2n) is 5.68. The number of nitrogens with zero attached hydrogens (tertiary/aromatic N) is 3. The number of nitrogens with one attached hydrogen (secondary N) is 1. The van der Waals surface area contributed by atoms with Crippen molar-refractivity contribution < 1.29 is 23.1 Å². The number of aromatic nitrogens is 2. The van der Waals surface area contributed by atoms with Crippen LogP contribution in [0, 0.1) is 0 Å². The fourth-order valence-electron chi connectivity index (χ4n) is 2.46. The molecule has 0 saturated heterocycles. The van der Waals surface area contributed by atoms with Gasteiger partial charge in [-0.2, -0.15) is 23.4 Å². The van der Waals surface area contributed by atoms with Crippen molar-refractivity contribution in [3.05, 3.63) is 74.4 Å². The number of para-hydroxylation sites is 1. The Hall–Kier alpha value is -2.66. The summed E-state index contributed by atoms with van der Waals surface area (Å²) in [4.78, 5) is 12.3. The van der Waals surface area contributed by atoms with Crippen molar-refractivity contribution in [1.29, 1.82) is 0 Å². The summed E-state index contributed by atoms with van der Waals surface area (Å²) in [7, 11) is 0. The topological polar surface area (TPSA) is 79.5 Å². The first-order valence-corrected chi connectivity index (χ1v) is 9.49. The number of halogens is 5. The molecule has 0 radical (unpaired) electrons. The average Bonchev–Trinajstić information content (AvgIpc) is 3.12. The lowest BCUT2D eigenvalue weighted by Crippen LogP contribution is -2.23. The van der Waals surface area contributed by atoms with Gasteiger partial charge in [0.05, 0.1) is 28.1 Å². The molecule has 0 aliphatic carbocycles. The molecule has 29 heavy (non-hydrogen) atoms. The summed E-state index contributed by atoms with van der Waals surface area (Å²) in [5.74, 6) is -1.23. The first kappa shape index (κ1) is 21.1. The van der Waals surface area contributed by atoms with E-state index in [-0.39, 0.29) is 17.0 Å². The van der Waals surface area contributed by atoms with Gasteiger partial charge in [0, 0.05) is 10.0 Å². The minimum Gasteiger partial charge on any atom is -0.506 e. The van der Waals surface area contributed by atoms with E-state index in [1.54, 1.807) is 24.3 Å². The normalized spacial score (nSPS) is 11.8. The first-order chi connectivity index (χ1) is 13.7. The van der Waals surface area contributed by atoms with Crippen LogP contribution in [0.4, 0.5) is 13.2 Å². The lowest BCUT2D eigenvalue weighted by Gasteiger charge is -2.12.